The molecular formula is C9H9ClN2O. The maximum Gasteiger partial charge on any atom is 0.132 e. The summed E-state index contributed by atoms with van der Waals surface area (Å²) in [5, 5.41) is 16.8. The van der Waals surface area contributed by atoms with Gasteiger partial charge in [-0.05, 0) is 17.7 Å². The molecule has 1 aromatic heterocycles. The number of aromatic nitrogens is 2. The molecule has 2 N–H and O–H groups in total. The molecule has 0 aliphatic carbocycles. The number of aliphatic hydroxyl groups is 1. The second kappa shape index (κ2) is 3.36. The van der Waals surface area contributed by atoms with E-state index in [0.29, 0.717) is 6.42 Å². The summed E-state index contributed by atoms with van der Waals surface area (Å²) in [5.74, 6) is 0. The van der Waals surface area contributed by atoms with Crippen LogP contribution in [0.2, 0.25) is 0 Å². The molecule has 1 unspecified atom stereocenters. The van der Waals surface area contributed by atoms with Gasteiger partial charge >= 0.3 is 0 Å². The minimum atomic E-state index is -0.815. The van der Waals surface area contributed by atoms with Gasteiger partial charge in [0.25, 0.3) is 0 Å². The van der Waals surface area contributed by atoms with Crippen LogP contribution in [0.1, 0.15) is 5.56 Å². The number of fused-ring (bicyclic) bond motifs is 1. The van der Waals surface area contributed by atoms with Crippen molar-refractivity contribution in [2.24, 2.45) is 0 Å². The van der Waals surface area contributed by atoms with Crippen molar-refractivity contribution in [2.75, 3.05) is 0 Å². The van der Waals surface area contributed by atoms with Gasteiger partial charge in [-0.2, -0.15) is 5.10 Å². The molecule has 2 rings (SSSR count). The smallest absolute Gasteiger partial charge is 0.132 e. The molecule has 2 aromatic rings. The fourth-order valence-electron chi connectivity index (χ4n) is 1.31. The summed E-state index contributed by atoms with van der Waals surface area (Å²) in [6.07, 6.45) is 2.21. The fourth-order valence-corrected chi connectivity index (χ4v) is 1.49. The van der Waals surface area contributed by atoms with Crippen LogP contribution in [-0.4, -0.2) is 20.9 Å². The van der Waals surface area contributed by atoms with Crippen LogP contribution >= 0.6 is 11.6 Å². The van der Waals surface area contributed by atoms with Gasteiger partial charge in [0, 0.05) is 11.8 Å². The van der Waals surface area contributed by atoms with Gasteiger partial charge in [-0.3, -0.25) is 5.10 Å². The Labute approximate surface area is 80.3 Å². The molecule has 4 heteroatoms. The number of H-pyrrole nitrogens is 1. The van der Waals surface area contributed by atoms with Gasteiger partial charge in [-0.15, -0.1) is 0 Å². The first-order chi connectivity index (χ1) is 6.25. The SMILES string of the molecule is OC(Cl)Cc1ccc2[nH]ncc2c1. The lowest BCUT2D eigenvalue weighted by Crippen LogP contribution is -2.00. The van der Waals surface area contributed by atoms with E-state index in [1.165, 1.54) is 0 Å². The van der Waals surface area contributed by atoms with Crippen LogP contribution in [0, 0.1) is 0 Å². The zero-order valence-corrected chi connectivity index (χ0v) is 7.62. The molecule has 0 saturated heterocycles. The molecule has 1 aromatic carbocycles. The predicted molar refractivity (Wildman–Crippen MR) is 51.7 cm³/mol. The third kappa shape index (κ3) is 1.82. The van der Waals surface area contributed by atoms with E-state index in [9.17, 15) is 0 Å². The number of hydrogen-bond donors (Lipinski definition) is 2. The predicted octanol–water partition coefficient (Wildman–Crippen LogP) is 1.66. The number of benzene rings is 1. The van der Waals surface area contributed by atoms with E-state index in [0.717, 1.165) is 16.5 Å². The zero-order chi connectivity index (χ0) is 9.26. The summed E-state index contributed by atoms with van der Waals surface area (Å²) < 4.78 is 0. The summed E-state index contributed by atoms with van der Waals surface area (Å²) in [4.78, 5) is 0. The third-order valence-electron chi connectivity index (χ3n) is 1.91. The van der Waals surface area contributed by atoms with Crippen LogP contribution in [-0.2, 0) is 6.42 Å². The van der Waals surface area contributed by atoms with Crippen molar-refractivity contribution in [3.05, 3.63) is 30.0 Å². The number of aromatic amines is 1. The number of halogens is 1. The number of nitrogens with zero attached hydrogens (tertiary/aromatic N) is 1. The Morgan fingerprint density at radius 2 is 2.38 bits per heavy atom. The first kappa shape index (κ1) is 8.53. The average Bonchev–Trinajstić information content (AvgIpc) is 2.49. The van der Waals surface area contributed by atoms with Crippen molar-refractivity contribution in [1.82, 2.24) is 10.2 Å². The molecular weight excluding hydrogens is 188 g/mol. The van der Waals surface area contributed by atoms with Crippen LogP contribution in [0.25, 0.3) is 10.9 Å². The molecule has 1 atom stereocenters. The van der Waals surface area contributed by atoms with E-state index < -0.39 is 5.56 Å². The number of aliphatic hydroxyl groups excluding tert-OH is 1. The molecule has 0 aliphatic rings. The molecule has 0 bridgehead atoms. The molecule has 3 nitrogen and oxygen atoms in total. The van der Waals surface area contributed by atoms with Crippen LogP contribution in [0.5, 0.6) is 0 Å². The molecule has 0 spiro atoms. The van der Waals surface area contributed by atoms with Gasteiger partial charge in [-0.25, -0.2) is 0 Å². The number of nitrogens with one attached hydrogen (secondary N) is 1. The van der Waals surface area contributed by atoms with E-state index in [2.05, 4.69) is 10.2 Å². The first-order valence-electron chi connectivity index (χ1n) is 4.00. The topological polar surface area (TPSA) is 48.9 Å². The Hall–Kier alpha value is -1.06. The number of hydrogen-bond acceptors (Lipinski definition) is 2. The van der Waals surface area contributed by atoms with Gasteiger partial charge < -0.3 is 5.11 Å². The van der Waals surface area contributed by atoms with Crippen LogP contribution < -0.4 is 0 Å². The van der Waals surface area contributed by atoms with E-state index in [1.54, 1.807) is 6.20 Å². The minimum Gasteiger partial charge on any atom is -0.377 e. The normalized spacial score (nSPS) is 13.4. The monoisotopic (exact) mass is 196 g/mol. The molecule has 0 fully saturated rings. The third-order valence-corrected chi connectivity index (χ3v) is 2.06. The molecule has 68 valence electrons. The standard InChI is InChI=1S/C9H9ClN2O/c10-9(13)4-6-1-2-8-7(3-6)5-11-12-8/h1-3,5,9,13H,4H2,(H,11,12). The molecule has 13 heavy (non-hydrogen) atoms. The highest BCUT2D eigenvalue weighted by atomic mass is 35.5. The second-order valence-corrected chi connectivity index (χ2v) is 3.43. The Bertz CT molecular complexity index is 411. The number of alkyl halides is 1. The van der Waals surface area contributed by atoms with Gasteiger partial charge in [0.15, 0.2) is 0 Å². The van der Waals surface area contributed by atoms with Crippen molar-refractivity contribution in [3.63, 3.8) is 0 Å². The van der Waals surface area contributed by atoms with Gasteiger partial charge in [0.2, 0.25) is 0 Å². The van der Waals surface area contributed by atoms with Gasteiger partial charge in [-0.1, -0.05) is 17.7 Å². The Morgan fingerprint density at radius 1 is 1.54 bits per heavy atom. The van der Waals surface area contributed by atoms with Crippen molar-refractivity contribution in [2.45, 2.75) is 12.0 Å². The Kier molecular flexibility index (Phi) is 2.20. The van der Waals surface area contributed by atoms with Crippen molar-refractivity contribution >= 4 is 22.5 Å². The van der Waals surface area contributed by atoms with Crippen molar-refractivity contribution in [1.29, 1.82) is 0 Å². The lowest BCUT2D eigenvalue weighted by atomic mass is 10.1. The summed E-state index contributed by atoms with van der Waals surface area (Å²) in [7, 11) is 0. The van der Waals surface area contributed by atoms with E-state index in [1.807, 2.05) is 18.2 Å². The molecule has 1 heterocycles. The van der Waals surface area contributed by atoms with Gasteiger partial charge in [0.1, 0.15) is 5.56 Å². The van der Waals surface area contributed by atoms with Crippen LogP contribution in [0.3, 0.4) is 0 Å². The molecule has 0 saturated carbocycles. The molecule has 0 aliphatic heterocycles. The van der Waals surface area contributed by atoms with Crippen molar-refractivity contribution < 1.29 is 5.11 Å². The van der Waals surface area contributed by atoms with Crippen LogP contribution in [0.4, 0.5) is 0 Å². The quantitative estimate of drug-likeness (QED) is 0.718. The maximum absolute atomic E-state index is 8.97. The summed E-state index contributed by atoms with van der Waals surface area (Å²) in [6, 6.07) is 5.81. The maximum atomic E-state index is 8.97. The summed E-state index contributed by atoms with van der Waals surface area (Å²) in [5.41, 5.74) is 1.19. The zero-order valence-electron chi connectivity index (χ0n) is 6.87. The fraction of sp³-hybridized carbons (Fsp3) is 0.222. The number of rotatable bonds is 2. The Balaban J connectivity index is 2.37. The molecule has 0 radical (unpaired) electrons. The van der Waals surface area contributed by atoms with Crippen molar-refractivity contribution in [3.8, 4) is 0 Å². The minimum absolute atomic E-state index is 0.461. The van der Waals surface area contributed by atoms with E-state index in [-0.39, 0.29) is 0 Å². The van der Waals surface area contributed by atoms with Crippen LogP contribution in [0.15, 0.2) is 24.4 Å². The van der Waals surface area contributed by atoms with E-state index >= 15 is 0 Å². The average molecular weight is 197 g/mol. The highest BCUT2D eigenvalue weighted by Gasteiger charge is 2.02. The second-order valence-electron chi connectivity index (χ2n) is 2.93. The highest BCUT2D eigenvalue weighted by molar-refractivity contribution is 6.19. The Morgan fingerprint density at radius 3 is 3.15 bits per heavy atom. The first-order valence-corrected chi connectivity index (χ1v) is 4.43. The molecule has 0 amide bonds. The summed E-state index contributed by atoms with van der Waals surface area (Å²) in [6.45, 7) is 0. The van der Waals surface area contributed by atoms with E-state index in [4.69, 9.17) is 16.7 Å². The lowest BCUT2D eigenvalue weighted by molar-refractivity contribution is 0.257. The van der Waals surface area contributed by atoms with Gasteiger partial charge in [0.05, 0.1) is 11.7 Å². The summed E-state index contributed by atoms with van der Waals surface area (Å²) >= 11 is 5.47. The largest absolute Gasteiger partial charge is 0.377 e. The highest BCUT2D eigenvalue weighted by Crippen LogP contribution is 2.14. The lowest BCUT2D eigenvalue weighted by Gasteiger charge is -2.01.